The maximum atomic E-state index is 12.5. The molecule has 0 aromatic heterocycles. The van der Waals surface area contributed by atoms with Crippen molar-refractivity contribution in [2.75, 3.05) is 11.1 Å². The largest absolute Gasteiger partial charge is 0.399 e. The van der Waals surface area contributed by atoms with Gasteiger partial charge < -0.3 is 11.1 Å². The van der Waals surface area contributed by atoms with Crippen LogP contribution in [-0.2, 0) is 11.2 Å². The second-order valence-electron chi connectivity index (χ2n) is 5.26. The highest BCUT2D eigenvalue weighted by atomic mass is 16.1. The van der Waals surface area contributed by atoms with Gasteiger partial charge in [-0.3, -0.25) is 4.79 Å². The van der Waals surface area contributed by atoms with E-state index in [4.69, 9.17) is 5.73 Å². The van der Waals surface area contributed by atoms with Gasteiger partial charge in [0.1, 0.15) is 0 Å². The number of amides is 1. The first-order chi connectivity index (χ1) is 9.74. The molecule has 0 spiro atoms. The van der Waals surface area contributed by atoms with Crippen LogP contribution in [0.2, 0.25) is 0 Å². The van der Waals surface area contributed by atoms with Crippen LogP contribution < -0.4 is 11.1 Å². The fraction of sp³-hybridized carbons (Fsp3) is 0.235. The van der Waals surface area contributed by atoms with E-state index in [2.05, 4.69) is 17.4 Å². The van der Waals surface area contributed by atoms with Crippen molar-refractivity contribution in [2.24, 2.45) is 0 Å². The molecule has 3 rings (SSSR count). The molecule has 102 valence electrons. The van der Waals surface area contributed by atoms with Gasteiger partial charge in [-0.15, -0.1) is 0 Å². The maximum absolute atomic E-state index is 12.5. The summed E-state index contributed by atoms with van der Waals surface area (Å²) in [6.07, 6.45) is 3.04. The van der Waals surface area contributed by atoms with Crippen LogP contribution in [-0.4, -0.2) is 5.91 Å². The summed E-state index contributed by atoms with van der Waals surface area (Å²) in [5.74, 6) is 0.00382. The zero-order chi connectivity index (χ0) is 13.9. The SMILES string of the molecule is Nc1cccc(NC(=O)C2CCCc3ccccc32)c1. The van der Waals surface area contributed by atoms with Gasteiger partial charge in [0.2, 0.25) is 5.91 Å². The number of carbonyl (C=O) groups is 1. The van der Waals surface area contributed by atoms with Gasteiger partial charge in [0, 0.05) is 11.4 Å². The molecule has 1 atom stereocenters. The Morgan fingerprint density at radius 3 is 2.85 bits per heavy atom. The molecule has 1 aliphatic rings. The number of nitrogens with one attached hydrogen (secondary N) is 1. The Labute approximate surface area is 118 Å². The predicted octanol–water partition coefficient (Wildman–Crippen LogP) is 3.33. The summed E-state index contributed by atoms with van der Waals surface area (Å²) in [6.45, 7) is 0. The van der Waals surface area contributed by atoms with Crippen LogP contribution in [0.3, 0.4) is 0 Å². The lowest BCUT2D eigenvalue weighted by Crippen LogP contribution is -2.24. The number of hydrogen-bond acceptors (Lipinski definition) is 2. The molecule has 3 nitrogen and oxygen atoms in total. The van der Waals surface area contributed by atoms with Crippen LogP contribution in [0.5, 0.6) is 0 Å². The molecule has 1 unspecified atom stereocenters. The van der Waals surface area contributed by atoms with Gasteiger partial charge >= 0.3 is 0 Å². The lowest BCUT2D eigenvalue weighted by atomic mass is 9.82. The first-order valence-electron chi connectivity index (χ1n) is 6.98. The maximum Gasteiger partial charge on any atom is 0.231 e. The summed E-state index contributed by atoms with van der Waals surface area (Å²) in [5.41, 5.74) is 9.62. The van der Waals surface area contributed by atoms with E-state index in [9.17, 15) is 4.79 Å². The van der Waals surface area contributed by atoms with Gasteiger partial charge in [-0.05, 0) is 48.6 Å². The third-order valence-electron chi connectivity index (χ3n) is 3.84. The molecule has 0 fully saturated rings. The number of carbonyl (C=O) groups excluding carboxylic acids is 1. The normalized spacial score (nSPS) is 17.3. The third-order valence-corrected chi connectivity index (χ3v) is 3.84. The Balaban J connectivity index is 1.82. The van der Waals surface area contributed by atoms with Gasteiger partial charge in [0.05, 0.1) is 5.92 Å². The van der Waals surface area contributed by atoms with Crippen molar-refractivity contribution in [1.29, 1.82) is 0 Å². The molecule has 0 saturated carbocycles. The van der Waals surface area contributed by atoms with Crippen LogP contribution in [0.1, 0.15) is 29.9 Å². The van der Waals surface area contributed by atoms with Crippen molar-refractivity contribution in [3.63, 3.8) is 0 Å². The fourth-order valence-electron chi connectivity index (χ4n) is 2.87. The van der Waals surface area contributed by atoms with E-state index in [0.29, 0.717) is 5.69 Å². The number of rotatable bonds is 2. The van der Waals surface area contributed by atoms with Crippen LogP contribution in [0, 0.1) is 0 Å². The highest BCUT2D eigenvalue weighted by molar-refractivity contribution is 5.96. The summed E-state index contributed by atoms with van der Waals surface area (Å²) in [5, 5.41) is 2.97. The molecule has 2 aromatic rings. The summed E-state index contributed by atoms with van der Waals surface area (Å²) < 4.78 is 0. The molecule has 1 amide bonds. The average molecular weight is 266 g/mol. The van der Waals surface area contributed by atoms with Crippen LogP contribution in [0.15, 0.2) is 48.5 Å². The van der Waals surface area contributed by atoms with Crippen molar-refractivity contribution in [2.45, 2.75) is 25.2 Å². The highest BCUT2D eigenvalue weighted by Crippen LogP contribution is 2.32. The van der Waals surface area contributed by atoms with Crippen molar-refractivity contribution in [3.8, 4) is 0 Å². The molecular weight excluding hydrogens is 248 g/mol. The van der Waals surface area contributed by atoms with E-state index in [0.717, 1.165) is 24.9 Å². The summed E-state index contributed by atoms with van der Waals surface area (Å²) in [6, 6.07) is 15.5. The van der Waals surface area contributed by atoms with E-state index in [1.807, 2.05) is 30.3 Å². The highest BCUT2D eigenvalue weighted by Gasteiger charge is 2.26. The molecule has 0 bridgehead atoms. The lowest BCUT2D eigenvalue weighted by molar-refractivity contribution is -0.117. The molecular formula is C17H18N2O. The minimum atomic E-state index is -0.0543. The predicted molar refractivity (Wildman–Crippen MR) is 81.6 cm³/mol. The van der Waals surface area contributed by atoms with E-state index >= 15 is 0 Å². The summed E-state index contributed by atoms with van der Waals surface area (Å²) >= 11 is 0. The second-order valence-corrected chi connectivity index (χ2v) is 5.26. The number of fused-ring (bicyclic) bond motifs is 1. The third kappa shape index (κ3) is 2.52. The first kappa shape index (κ1) is 12.7. The van der Waals surface area contributed by atoms with E-state index < -0.39 is 0 Å². The Morgan fingerprint density at radius 2 is 2.00 bits per heavy atom. The number of nitrogen functional groups attached to an aromatic ring is 1. The Hall–Kier alpha value is -2.29. The molecule has 0 radical (unpaired) electrons. The van der Waals surface area contributed by atoms with Crippen molar-refractivity contribution < 1.29 is 4.79 Å². The van der Waals surface area contributed by atoms with Gasteiger partial charge in [-0.2, -0.15) is 0 Å². The Bertz CT molecular complexity index is 636. The van der Waals surface area contributed by atoms with Gasteiger partial charge in [-0.25, -0.2) is 0 Å². The van der Waals surface area contributed by atoms with Gasteiger partial charge in [0.15, 0.2) is 0 Å². The Morgan fingerprint density at radius 1 is 1.15 bits per heavy atom. The minimum absolute atomic E-state index is 0.0543. The number of anilines is 2. The van der Waals surface area contributed by atoms with Crippen LogP contribution in [0.25, 0.3) is 0 Å². The fourth-order valence-corrected chi connectivity index (χ4v) is 2.87. The van der Waals surface area contributed by atoms with Crippen LogP contribution in [0.4, 0.5) is 11.4 Å². The zero-order valence-corrected chi connectivity index (χ0v) is 11.3. The number of nitrogens with two attached hydrogens (primary N) is 1. The molecule has 3 N–H and O–H groups in total. The van der Waals surface area contributed by atoms with Gasteiger partial charge in [-0.1, -0.05) is 30.3 Å². The zero-order valence-electron chi connectivity index (χ0n) is 11.3. The van der Waals surface area contributed by atoms with E-state index in [1.165, 1.54) is 11.1 Å². The topological polar surface area (TPSA) is 55.1 Å². The smallest absolute Gasteiger partial charge is 0.231 e. The molecule has 2 aromatic carbocycles. The van der Waals surface area contributed by atoms with Crippen molar-refractivity contribution >= 4 is 17.3 Å². The quantitative estimate of drug-likeness (QED) is 0.819. The monoisotopic (exact) mass is 266 g/mol. The summed E-state index contributed by atoms with van der Waals surface area (Å²) in [4.78, 5) is 12.5. The second kappa shape index (κ2) is 5.37. The van der Waals surface area contributed by atoms with Gasteiger partial charge in [0.25, 0.3) is 0 Å². The van der Waals surface area contributed by atoms with Crippen LogP contribution >= 0.6 is 0 Å². The lowest BCUT2D eigenvalue weighted by Gasteiger charge is -2.24. The molecule has 0 heterocycles. The average Bonchev–Trinajstić information content (AvgIpc) is 2.46. The summed E-state index contributed by atoms with van der Waals surface area (Å²) in [7, 11) is 0. The molecule has 0 aliphatic heterocycles. The van der Waals surface area contributed by atoms with E-state index in [1.54, 1.807) is 6.07 Å². The molecule has 3 heteroatoms. The molecule has 0 saturated heterocycles. The molecule has 20 heavy (non-hydrogen) atoms. The number of benzene rings is 2. The minimum Gasteiger partial charge on any atom is -0.399 e. The molecule has 1 aliphatic carbocycles. The van der Waals surface area contributed by atoms with Crippen molar-refractivity contribution in [3.05, 3.63) is 59.7 Å². The standard InChI is InChI=1S/C17H18N2O/c18-13-7-4-8-14(11-13)19-17(20)16-10-3-6-12-5-1-2-9-15(12)16/h1-2,4-5,7-9,11,16H,3,6,10,18H2,(H,19,20). The Kier molecular flexibility index (Phi) is 3.42. The number of hydrogen-bond donors (Lipinski definition) is 2. The van der Waals surface area contributed by atoms with E-state index in [-0.39, 0.29) is 11.8 Å². The first-order valence-corrected chi connectivity index (χ1v) is 6.98. The number of aryl methyl sites for hydroxylation is 1. The van der Waals surface area contributed by atoms with Crippen molar-refractivity contribution in [1.82, 2.24) is 0 Å².